The summed E-state index contributed by atoms with van der Waals surface area (Å²) in [6, 6.07) is 0.275. The van der Waals surface area contributed by atoms with Crippen molar-refractivity contribution in [3.63, 3.8) is 0 Å². The van der Waals surface area contributed by atoms with Crippen LogP contribution >= 0.6 is 0 Å². The first-order valence-corrected chi connectivity index (χ1v) is 5.66. The molecular weight excluding hydrogens is 204 g/mol. The van der Waals surface area contributed by atoms with Crippen molar-refractivity contribution in [2.24, 2.45) is 5.73 Å². The second-order valence-corrected chi connectivity index (χ2v) is 4.61. The molecule has 1 atom stereocenters. The molecule has 1 aliphatic rings. The van der Waals surface area contributed by atoms with E-state index < -0.39 is 6.04 Å². The quantitative estimate of drug-likeness (QED) is 0.771. The van der Waals surface area contributed by atoms with Crippen LogP contribution in [0.4, 0.5) is 0 Å². The SMILES string of the molecule is CC(C)NC(C(N)=O)c1cncn1C1CC1. The van der Waals surface area contributed by atoms with Crippen LogP contribution in [0.2, 0.25) is 0 Å². The lowest BCUT2D eigenvalue weighted by atomic mass is 10.2. The van der Waals surface area contributed by atoms with Gasteiger partial charge in [-0.25, -0.2) is 4.98 Å². The molecule has 0 saturated heterocycles. The summed E-state index contributed by atoms with van der Waals surface area (Å²) in [5, 5.41) is 3.17. The molecule has 1 fully saturated rings. The summed E-state index contributed by atoms with van der Waals surface area (Å²) in [7, 11) is 0. The molecular formula is C11H18N4O. The molecule has 0 aliphatic heterocycles. The molecule has 0 bridgehead atoms. The first-order valence-electron chi connectivity index (χ1n) is 5.66. The van der Waals surface area contributed by atoms with Gasteiger partial charge >= 0.3 is 0 Å². The normalized spacial score (nSPS) is 17.7. The molecule has 0 radical (unpaired) electrons. The van der Waals surface area contributed by atoms with Crippen LogP contribution in [0.1, 0.15) is 44.5 Å². The van der Waals surface area contributed by atoms with Gasteiger partial charge in [0.15, 0.2) is 0 Å². The molecule has 88 valence electrons. The van der Waals surface area contributed by atoms with E-state index in [4.69, 9.17) is 5.73 Å². The molecule has 1 amide bonds. The lowest BCUT2D eigenvalue weighted by Crippen LogP contribution is -2.38. The molecule has 0 spiro atoms. The average Bonchev–Trinajstić information content (AvgIpc) is 2.93. The van der Waals surface area contributed by atoms with Gasteiger partial charge in [0.1, 0.15) is 6.04 Å². The molecule has 1 aromatic heterocycles. The zero-order valence-electron chi connectivity index (χ0n) is 9.68. The lowest BCUT2D eigenvalue weighted by Gasteiger charge is -2.19. The Bertz CT molecular complexity index is 381. The highest BCUT2D eigenvalue weighted by Crippen LogP contribution is 2.36. The summed E-state index contributed by atoms with van der Waals surface area (Å²) < 4.78 is 2.06. The summed E-state index contributed by atoms with van der Waals surface area (Å²) in [4.78, 5) is 15.6. The molecule has 1 unspecified atom stereocenters. The van der Waals surface area contributed by atoms with E-state index in [1.54, 1.807) is 12.5 Å². The highest BCUT2D eigenvalue weighted by Gasteiger charge is 2.30. The van der Waals surface area contributed by atoms with Gasteiger partial charge in [-0.3, -0.25) is 10.1 Å². The molecule has 2 rings (SSSR count). The van der Waals surface area contributed by atoms with Crippen molar-refractivity contribution < 1.29 is 4.79 Å². The van der Waals surface area contributed by atoms with Crippen LogP contribution in [0.5, 0.6) is 0 Å². The van der Waals surface area contributed by atoms with Gasteiger partial charge in [0, 0.05) is 12.1 Å². The maximum Gasteiger partial charge on any atom is 0.240 e. The Kier molecular flexibility index (Phi) is 2.96. The third kappa shape index (κ3) is 2.24. The lowest BCUT2D eigenvalue weighted by molar-refractivity contribution is -0.120. The number of nitrogens with one attached hydrogen (secondary N) is 1. The van der Waals surface area contributed by atoms with E-state index in [9.17, 15) is 4.79 Å². The smallest absolute Gasteiger partial charge is 0.240 e. The Hall–Kier alpha value is -1.36. The second-order valence-electron chi connectivity index (χ2n) is 4.61. The maximum absolute atomic E-state index is 11.4. The first kappa shape index (κ1) is 11.1. The molecule has 0 aromatic carbocycles. The molecule has 16 heavy (non-hydrogen) atoms. The number of imidazole rings is 1. The van der Waals surface area contributed by atoms with Gasteiger partial charge in [0.25, 0.3) is 0 Å². The monoisotopic (exact) mass is 222 g/mol. The van der Waals surface area contributed by atoms with Gasteiger partial charge in [-0.05, 0) is 26.7 Å². The molecule has 3 N–H and O–H groups in total. The van der Waals surface area contributed by atoms with E-state index in [2.05, 4.69) is 14.9 Å². The number of carbonyl (C=O) groups is 1. The number of primary amides is 1. The third-order valence-corrected chi connectivity index (χ3v) is 2.72. The molecule has 1 saturated carbocycles. The number of hydrogen-bond donors (Lipinski definition) is 2. The van der Waals surface area contributed by atoms with E-state index >= 15 is 0 Å². The maximum atomic E-state index is 11.4. The largest absolute Gasteiger partial charge is 0.368 e. The van der Waals surface area contributed by atoms with Gasteiger partial charge in [-0.1, -0.05) is 0 Å². The van der Waals surface area contributed by atoms with E-state index in [-0.39, 0.29) is 11.9 Å². The fourth-order valence-electron chi connectivity index (χ4n) is 1.84. The highest BCUT2D eigenvalue weighted by molar-refractivity contribution is 5.81. The highest BCUT2D eigenvalue weighted by atomic mass is 16.1. The van der Waals surface area contributed by atoms with Crippen molar-refractivity contribution >= 4 is 5.91 Å². The van der Waals surface area contributed by atoms with Gasteiger partial charge in [-0.15, -0.1) is 0 Å². The number of carbonyl (C=O) groups excluding carboxylic acids is 1. The van der Waals surface area contributed by atoms with Gasteiger partial charge in [-0.2, -0.15) is 0 Å². The Morgan fingerprint density at radius 3 is 2.81 bits per heavy atom. The van der Waals surface area contributed by atoms with Gasteiger partial charge < -0.3 is 10.3 Å². The van der Waals surface area contributed by atoms with Crippen molar-refractivity contribution in [2.75, 3.05) is 0 Å². The third-order valence-electron chi connectivity index (χ3n) is 2.72. The number of nitrogens with two attached hydrogens (primary N) is 1. The van der Waals surface area contributed by atoms with Crippen LogP contribution in [0.3, 0.4) is 0 Å². The minimum Gasteiger partial charge on any atom is -0.368 e. The van der Waals surface area contributed by atoms with Crippen LogP contribution < -0.4 is 11.1 Å². The Morgan fingerprint density at radius 2 is 2.31 bits per heavy atom. The summed E-state index contributed by atoms with van der Waals surface area (Å²) in [6.45, 7) is 3.99. The van der Waals surface area contributed by atoms with Crippen molar-refractivity contribution in [3.05, 3.63) is 18.2 Å². The number of aromatic nitrogens is 2. The number of hydrogen-bond acceptors (Lipinski definition) is 3. The van der Waals surface area contributed by atoms with Crippen LogP contribution in [0, 0.1) is 0 Å². The van der Waals surface area contributed by atoms with Crippen molar-refractivity contribution in [1.29, 1.82) is 0 Å². The average molecular weight is 222 g/mol. The zero-order chi connectivity index (χ0) is 11.7. The number of amides is 1. The number of nitrogens with zero attached hydrogens (tertiary/aromatic N) is 2. The molecule has 5 nitrogen and oxygen atoms in total. The zero-order valence-corrected chi connectivity index (χ0v) is 9.68. The summed E-state index contributed by atoms with van der Waals surface area (Å²) >= 11 is 0. The fourth-order valence-corrected chi connectivity index (χ4v) is 1.84. The first-order chi connectivity index (χ1) is 7.59. The summed E-state index contributed by atoms with van der Waals surface area (Å²) in [5.41, 5.74) is 6.30. The fraction of sp³-hybridized carbons (Fsp3) is 0.636. The van der Waals surface area contributed by atoms with E-state index in [0.29, 0.717) is 6.04 Å². The molecule has 5 heteroatoms. The van der Waals surface area contributed by atoms with Crippen LogP contribution in [0.15, 0.2) is 12.5 Å². The van der Waals surface area contributed by atoms with Crippen molar-refractivity contribution in [2.45, 2.75) is 44.8 Å². The van der Waals surface area contributed by atoms with E-state index in [0.717, 1.165) is 18.5 Å². The molecule has 1 aromatic rings. The summed E-state index contributed by atoms with van der Waals surface area (Å²) in [5.74, 6) is -0.351. The molecule has 1 aliphatic carbocycles. The topological polar surface area (TPSA) is 72.9 Å². The van der Waals surface area contributed by atoms with E-state index in [1.165, 1.54) is 0 Å². The Balaban J connectivity index is 2.23. The van der Waals surface area contributed by atoms with Crippen LogP contribution in [-0.4, -0.2) is 21.5 Å². The van der Waals surface area contributed by atoms with Gasteiger partial charge in [0.2, 0.25) is 5.91 Å². The van der Waals surface area contributed by atoms with Crippen LogP contribution in [0.25, 0.3) is 0 Å². The van der Waals surface area contributed by atoms with E-state index in [1.807, 2.05) is 13.8 Å². The van der Waals surface area contributed by atoms with Crippen molar-refractivity contribution in [3.8, 4) is 0 Å². The Morgan fingerprint density at radius 1 is 1.62 bits per heavy atom. The number of rotatable bonds is 5. The predicted octanol–water partition coefficient (Wildman–Crippen LogP) is 0.742. The van der Waals surface area contributed by atoms with Crippen LogP contribution in [-0.2, 0) is 4.79 Å². The second kappa shape index (κ2) is 4.25. The van der Waals surface area contributed by atoms with Gasteiger partial charge in [0.05, 0.1) is 18.2 Å². The summed E-state index contributed by atoms with van der Waals surface area (Å²) in [6.07, 6.45) is 5.83. The minimum absolute atomic E-state index is 0.208. The van der Waals surface area contributed by atoms with Crippen molar-refractivity contribution in [1.82, 2.24) is 14.9 Å². The predicted molar refractivity (Wildman–Crippen MR) is 60.7 cm³/mol. The Labute approximate surface area is 95.0 Å². The molecule has 1 heterocycles. The minimum atomic E-state index is -0.442. The standard InChI is InChI=1S/C11H18N4O/c1-7(2)14-10(11(12)16)9-5-13-6-15(9)8-3-4-8/h5-8,10,14H,3-4H2,1-2H3,(H2,12,16).